The van der Waals surface area contributed by atoms with Crippen molar-refractivity contribution in [1.82, 2.24) is 14.8 Å². The van der Waals surface area contributed by atoms with Crippen molar-refractivity contribution in [2.45, 2.75) is 26.8 Å². The number of piperazine rings is 1. The first-order valence-electron chi connectivity index (χ1n) is 8.33. The van der Waals surface area contributed by atoms with Crippen molar-refractivity contribution in [2.75, 3.05) is 26.2 Å². The van der Waals surface area contributed by atoms with Crippen LogP contribution >= 0.6 is 0 Å². The maximum atomic E-state index is 12.8. The van der Waals surface area contributed by atoms with E-state index in [1.165, 1.54) is 5.56 Å². The Morgan fingerprint density at radius 3 is 2.43 bits per heavy atom. The molecule has 2 aromatic rings. The number of hydrogen-bond donors (Lipinski definition) is 1. The predicted octanol–water partition coefficient (Wildman–Crippen LogP) is 2.76. The van der Waals surface area contributed by atoms with Gasteiger partial charge in [-0.1, -0.05) is 30.3 Å². The molecule has 1 fully saturated rings. The molecular formula is C19H25N3O. The molecule has 4 nitrogen and oxygen atoms in total. The summed E-state index contributed by atoms with van der Waals surface area (Å²) in [4.78, 5) is 14.8. The normalized spacial score (nSPS) is 16.4. The number of nitrogens with zero attached hydrogens (tertiary/aromatic N) is 2. The second-order valence-electron chi connectivity index (χ2n) is 6.28. The fourth-order valence-electron chi connectivity index (χ4n) is 3.51. The largest absolute Gasteiger partial charge is 0.341 e. The second kappa shape index (κ2) is 6.59. The van der Waals surface area contributed by atoms with Gasteiger partial charge >= 0.3 is 0 Å². The standard InChI is InChI=1S/C19H25N3O/c1-14-13-18(19(23)21-11-9-20-10-12-21)16(3)22(14)15(2)17-7-5-4-6-8-17/h4-8,13,15,20H,9-12H2,1-3H3. The van der Waals surface area contributed by atoms with E-state index in [9.17, 15) is 4.79 Å². The zero-order valence-corrected chi connectivity index (χ0v) is 14.2. The van der Waals surface area contributed by atoms with Crippen LogP contribution in [0.1, 0.15) is 40.3 Å². The summed E-state index contributed by atoms with van der Waals surface area (Å²) in [5, 5.41) is 3.29. The Hall–Kier alpha value is -2.07. The average Bonchev–Trinajstić information content (AvgIpc) is 2.89. The van der Waals surface area contributed by atoms with E-state index in [-0.39, 0.29) is 11.9 Å². The summed E-state index contributed by atoms with van der Waals surface area (Å²) in [5.74, 6) is 0.158. The number of aryl methyl sites for hydroxylation is 1. The molecule has 1 saturated heterocycles. The molecule has 23 heavy (non-hydrogen) atoms. The topological polar surface area (TPSA) is 37.3 Å². The van der Waals surface area contributed by atoms with Crippen LogP contribution in [0.3, 0.4) is 0 Å². The third-order valence-corrected chi connectivity index (χ3v) is 4.79. The van der Waals surface area contributed by atoms with Gasteiger partial charge in [0.2, 0.25) is 0 Å². The smallest absolute Gasteiger partial charge is 0.255 e. The molecule has 1 aliphatic rings. The lowest BCUT2D eigenvalue weighted by molar-refractivity contribution is 0.0735. The van der Waals surface area contributed by atoms with Crippen LogP contribution in [0.25, 0.3) is 0 Å². The van der Waals surface area contributed by atoms with E-state index in [1.807, 2.05) is 17.0 Å². The van der Waals surface area contributed by atoms with Gasteiger partial charge in [-0.25, -0.2) is 0 Å². The van der Waals surface area contributed by atoms with Crippen molar-refractivity contribution >= 4 is 5.91 Å². The maximum Gasteiger partial charge on any atom is 0.255 e. The fraction of sp³-hybridized carbons (Fsp3) is 0.421. The number of benzene rings is 1. The average molecular weight is 311 g/mol. The minimum atomic E-state index is 0.158. The molecule has 2 heterocycles. The van der Waals surface area contributed by atoms with Gasteiger partial charge in [-0.2, -0.15) is 0 Å². The lowest BCUT2D eigenvalue weighted by Gasteiger charge is -2.27. The number of hydrogen-bond acceptors (Lipinski definition) is 2. The molecule has 1 N–H and O–H groups in total. The molecule has 1 unspecified atom stereocenters. The van der Waals surface area contributed by atoms with Crippen LogP contribution in [0.15, 0.2) is 36.4 Å². The van der Waals surface area contributed by atoms with Crippen LogP contribution < -0.4 is 5.32 Å². The van der Waals surface area contributed by atoms with E-state index in [0.29, 0.717) is 0 Å². The van der Waals surface area contributed by atoms with Gasteiger partial charge in [0.15, 0.2) is 0 Å². The highest BCUT2D eigenvalue weighted by atomic mass is 16.2. The summed E-state index contributed by atoms with van der Waals surface area (Å²) in [6.45, 7) is 9.67. The Morgan fingerprint density at radius 1 is 1.13 bits per heavy atom. The van der Waals surface area contributed by atoms with Crippen molar-refractivity contribution < 1.29 is 4.79 Å². The van der Waals surface area contributed by atoms with Crippen molar-refractivity contribution in [2.24, 2.45) is 0 Å². The van der Waals surface area contributed by atoms with Crippen LogP contribution in [0.4, 0.5) is 0 Å². The van der Waals surface area contributed by atoms with Crippen molar-refractivity contribution in [1.29, 1.82) is 0 Å². The van der Waals surface area contributed by atoms with E-state index in [0.717, 1.165) is 43.1 Å². The Morgan fingerprint density at radius 2 is 1.78 bits per heavy atom. The number of nitrogens with one attached hydrogen (secondary N) is 1. The van der Waals surface area contributed by atoms with E-state index in [2.05, 4.69) is 54.9 Å². The van der Waals surface area contributed by atoms with Crippen molar-refractivity contribution in [3.05, 3.63) is 58.9 Å². The van der Waals surface area contributed by atoms with Gasteiger partial charge in [0.1, 0.15) is 0 Å². The first-order valence-corrected chi connectivity index (χ1v) is 8.33. The molecule has 0 spiro atoms. The van der Waals surface area contributed by atoms with Crippen LogP contribution in [-0.2, 0) is 0 Å². The summed E-state index contributed by atoms with van der Waals surface area (Å²) < 4.78 is 2.27. The summed E-state index contributed by atoms with van der Waals surface area (Å²) in [5.41, 5.74) is 4.29. The van der Waals surface area contributed by atoms with E-state index < -0.39 is 0 Å². The summed E-state index contributed by atoms with van der Waals surface area (Å²) in [6, 6.07) is 12.7. The first kappa shape index (κ1) is 15.8. The highest BCUT2D eigenvalue weighted by Gasteiger charge is 2.24. The third-order valence-electron chi connectivity index (χ3n) is 4.79. The van der Waals surface area contributed by atoms with E-state index >= 15 is 0 Å². The maximum absolute atomic E-state index is 12.8. The Labute approximate surface area is 138 Å². The molecule has 0 saturated carbocycles. The molecule has 1 aromatic heterocycles. The molecule has 0 bridgehead atoms. The zero-order valence-electron chi connectivity index (χ0n) is 14.2. The van der Waals surface area contributed by atoms with Gasteiger partial charge in [0, 0.05) is 37.6 Å². The van der Waals surface area contributed by atoms with Crippen LogP contribution in [0.5, 0.6) is 0 Å². The predicted molar refractivity (Wildman–Crippen MR) is 92.9 cm³/mol. The second-order valence-corrected chi connectivity index (χ2v) is 6.28. The van der Waals surface area contributed by atoms with Crippen molar-refractivity contribution in [3.8, 4) is 0 Å². The summed E-state index contributed by atoms with van der Waals surface area (Å²) >= 11 is 0. The zero-order chi connectivity index (χ0) is 16.4. The van der Waals surface area contributed by atoms with Crippen molar-refractivity contribution in [3.63, 3.8) is 0 Å². The molecule has 4 heteroatoms. The first-order chi connectivity index (χ1) is 11.1. The van der Waals surface area contributed by atoms with Gasteiger partial charge in [-0.3, -0.25) is 4.79 Å². The third kappa shape index (κ3) is 3.04. The van der Waals surface area contributed by atoms with Gasteiger partial charge in [-0.05, 0) is 32.4 Å². The van der Waals surface area contributed by atoms with E-state index in [1.54, 1.807) is 0 Å². The molecule has 0 aliphatic carbocycles. The Bertz CT molecular complexity index is 684. The van der Waals surface area contributed by atoms with Gasteiger partial charge in [-0.15, -0.1) is 0 Å². The van der Waals surface area contributed by atoms with Gasteiger partial charge < -0.3 is 14.8 Å². The Balaban J connectivity index is 1.91. The molecule has 122 valence electrons. The van der Waals surface area contributed by atoms with Crippen LogP contribution in [0, 0.1) is 13.8 Å². The monoisotopic (exact) mass is 311 g/mol. The lowest BCUT2D eigenvalue weighted by Crippen LogP contribution is -2.46. The minimum absolute atomic E-state index is 0.158. The number of rotatable bonds is 3. The highest BCUT2D eigenvalue weighted by molar-refractivity contribution is 5.95. The van der Waals surface area contributed by atoms with Gasteiger partial charge in [0.25, 0.3) is 5.91 Å². The van der Waals surface area contributed by atoms with Crippen LogP contribution in [-0.4, -0.2) is 41.6 Å². The molecule has 0 radical (unpaired) electrons. The number of aromatic nitrogens is 1. The quantitative estimate of drug-likeness (QED) is 0.946. The molecule has 3 rings (SSSR count). The summed E-state index contributed by atoms with van der Waals surface area (Å²) in [6.07, 6.45) is 0. The summed E-state index contributed by atoms with van der Waals surface area (Å²) in [7, 11) is 0. The number of carbonyl (C=O) groups excluding carboxylic acids is 1. The Kier molecular flexibility index (Phi) is 4.53. The SMILES string of the molecule is Cc1cc(C(=O)N2CCNCC2)c(C)n1C(C)c1ccccc1. The minimum Gasteiger partial charge on any atom is -0.341 e. The van der Waals surface area contributed by atoms with E-state index in [4.69, 9.17) is 0 Å². The van der Waals surface area contributed by atoms with Gasteiger partial charge in [0.05, 0.1) is 11.6 Å². The number of carbonyl (C=O) groups is 1. The molecule has 1 amide bonds. The molecule has 1 aromatic carbocycles. The molecule has 1 aliphatic heterocycles. The lowest BCUT2D eigenvalue weighted by atomic mass is 10.1. The number of amides is 1. The molecular weight excluding hydrogens is 286 g/mol. The van der Waals surface area contributed by atoms with Crippen LogP contribution in [0.2, 0.25) is 0 Å². The fourth-order valence-corrected chi connectivity index (χ4v) is 3.51. The highest BCUT2D eigenvalue weighted by Crippen LogP contribution is 2.26. The molecule has 1 atom stereocenters.